The molecular weight excluding hydrogens is 406 g/mol. The standard InChI is InChI=1S/C23H20ClNO3S/c24-19-8-4-5-9-22(19)29-16-18-10-12-21(20(25-18)11-13-23(26)27)28-15-14-17-6-2-1-3-7-17/h1-13H,14-16H2,(H,26,27). The molecule has 3 aromatic rings. The van der Waals surface area contributed by atoms with E-state index in [9.17, 15) is 4.79 Å². The van der Waals surface area contributed by atoms with Gasteiger partial charge in [0.2, 0.25) is 0 Å². The first-order valence-electron chi connectivity index (χ1n) is 9.07. The number of aromatic nitrogens is 1. The number of benzene rings is 2. The van der Waals surface area contributed by atoms with Crippen molar-refractivity contribution in [1.29, 1.82) is 0 Å². The van der Waals surface area contributed by atoms with Crippen LogP contribution in [0.3, 0.4) is 0 Å². The van der Waals surface area contributed by atoms with Crippen LogP contribution in [0.4, 0.5) is 0 Å². The summed E-state index contributed by atoms with van der Waals surface area (Å²) in [7, 11) is 0. The van der Waals surface area contributed by atoms with Crippen molar-refractivity contribution >= 4 is 35.4 Å². The molecule has 0 aliphatic rings. The van der Waals surface area contributed by atoms with E-state index in [1.54, 1.807) is 11.8 Å². The van der Waals surface area contributed by atoms with Gasteiger partial charge >= 0.3 is 5.97 Å². The molecule has 0 unspecified atom stereocenters. The van der Waals surface area contributed by atoms with Gasteiger partial charge in [-0.2, -0.15) is 0 Å². The van der Waals surface area contributed by atoms with E-state index in [1.165, 1.54) is 11.6 Å². The molecule has 0 radical (unpaired) electrons. The van der Waals surface area contributed by atoms with Gasteiger partial charge in [-0.25, -0.2) is 9.78 Å². The Labute approximate surface area is 179 Å². The molecule has 29 heavy (non-hydrogen) atoms. The largest absolute Gasteiger partial charge is 0.491 e. The number of halogens is 1. The third-order valence-electron chi connectivity index (χ3n) is 4.03. The van der Waals surface area contributed by atoms with E-state index in [1.807, 2.05) is 66.7 Å². The van der Waals surface area contributed by atoms with Crippen molar-refractivity contribution in [2.24, 2.45) is 0 Å². The second-order valence-corrected chi connectivity index (χ2v) is 7.59. The number of aliphatic carboxylic acids is 1. The molecule has 1 aromatic heterocycles. The maximum atomic E-state index is 10.9. The van der Waals surface area contributed by atoms with Gasteiger partial charge in [-0.05, 0) is 35.9 Å². The van der Waals surface area contributed by atoms with Crippen molar-refractivity contribution < 1.29 is 14.6 Å². The first kappa shape index (κ1) is 21.0. The Kier molecular flexibility index (Phi) is 7.73. The fourth-order valence-corrected chi connectivity index (χ4v) is 3.76. The molecule has 0 saturated heterocycles. The van der Waals surface area contributed by atoms with Crippen molar-refractivity contribution in [2.75, 3.05) is 6.61 Å². The third kappa shape index (κ3) is 6.66. The highest BCUT2D eigenvalue weighted by molar-refractivity contribution is 7.98. The smallest absolute Gasteiger partial charge is 0.328 e. The van der Waals surface area contributed by atoms with Gasteiger partial charge in [0.05, 0.1) is 17.3 Å². The van der Waals surface area contributed by atoms with Gasteiger partial charge in [0, 0.05) is 23.1 Å². The van der Waals surface area contributed by atoms with E-state index in [-0.39, 0.29) is 0 Å². The molecule has 148 valence electrons. The van der Waals surface area contributed by atoms with Crippen molar-refractivity contribution in [1.82, 2.24) is 4.98 Å². The average Bonchev–Trinajstić information content (AvgIpc) is 2.73. The lowest BCUT2D eigenvalue weighted by Gasteiger charge is -2.11. The lowest BCUT2D eigenvalue weighted by molar-refractivity contribution is -0.131. The molecule has 0 bridgehead atoms. The highest BCUT2D eigenvalue weighted by Crippen LogP contribution is 2.30. The number of pyridine rings is 1. The summed E-state index contributed by atoms with van der Waals surface area (Å²) in [6.07, 6.45) is 3.29. The fourth-order valence-electron chi connectivity index (χ4n) is 2.61. The molecule has 0 saturated carbocycles. The van der Waals surface area contributed by atoms with Crippen LogP contribution in [0.5, 0.6) is 5.75 Å². The molecule has 4 nitrogen and oxygen atoms in total. The molecule has 0 aliphatic heterocycles. The molecule has 1 N–H and O–H groups in total. The Morgan fingerprint density at radius 1 is 1.07 bits per heavy atom. The van der Waals surface area contributed by atoms with E-state index < -0.39 is 5.97 Å². The summed E-state index contributed by atoms with van der Waals surface area (Å²) in [5, 5.41) is 9.67. The van der Waals surface area contributed by atoms with Crippen molar-refractivity contribution in [3.8, 4) is 5.75 Å². The quantitative estimate of drug-likeness (QED) is 0.349. The molecule has 6 heteroatoms. The maximum Gasteiger partial charge on any atom is 0.328 e. The van der Waals surface area contributed by atoms with Crippen molar-refractivity contribution in [3.63, 3.8) is 0 Å². The van der Waals surface area contributed by atoms with Gasteiger partial charge < -0.3 is 9.84 Å². The summed E-state index contributed by atoms with van der Waals surface area (Å²) in [6, 6.07) is 21.4. The van der Waals surface area contributed by atoms with Gasteiger partial charge in [0.25, 0.3) is 0 Å². The van der Waals surface area contributed by atoms with Crippen LogP contribution in [0.25, 0.3) is 6.08 Å². The van der Waals surface area contributed by atoms with E-state index in [0.717, 1.165) is 23.1 Å². The number of thioether (sulfide) groups is 1. The predicted molar refractivity (Wildman–Crippen MR) is 118 cm³/mol. The number of hydrogen-bond donors (Lipinski definition) is 1. The molecule has 3 rings (SSSR count). The predicted octanol–water partition coefficient (Wildman–Crippen LogP) is 5.75. The molecule has 0 aliphatic carbocycles. The summed E-state index contributed by atoms with van der Waals surface area (Å²) in [4.78, 5) is 16.5. The van der Waals surface area contributed by atoms with Crippen molar-refractivity contribution in [3.05, 3.63) is 94.8 Å². The Morgan fingerprint density at radius 3 is 2.59 bits per heavy atom. The SMILES string of the molecule is O=C(O)C=Cc1nc(CSc2ccccc2Cl)ccc1OCCc1ccccc1. The van der Waals surface area contributed by atoms with Crippen LogP contribution in [-0.2, 0) is 17.0 Å². The second kappa shape index (κ2) is 10.7. The number of rotatable bonds is 9. The van der Waals surface area contributed by atoms with E-state index in [2.05, 4.69) is 4.98 Å². The highest BCUT2D eigenvalue weighted by Gasteiger charge is 2.08. The second-order valence-electron chi connectivity index (χ2n) is 6.16. The molecule has 0 atom stereocenters. The van der Waals surface area contributed by atoms with E-state index in [4.69, 9.17) is 21.4 Å². The fraction of sp³-hybridized carbons (Fsp3) is 0.130. The van der Waals surface area contributed by atoms with E-state index >= 15 is 0 Å². The highest BCUT2D eigenvalue weighted by atomic mass is 35.5. The van der Waals surface area contributed by atoms with Crippen LogP contribution in [0.15, 0.2) is 77.7 Å². The third-order valence-corrected chi connectivity index (χ3v) is 5.58. The summed E-state index contributed by atoms with van der Waals surface area (Å²) in [5.41, 5.74) is 2.49. The maximum absolute atomic E-state index is 10.9. The monoisotopic (exact) mass is 425 g/mol. The molecule has 0 amide bonds. The number of carboxylic acid groups (broad SMARTS) is 1. The summed E-state index contributed by atoms with van der Waals surface area (Å²) in [5.74, 6) is 0.143. The number of nitrogens with zero attached hydrogens (tertiary/aromatic N) is 1. The van der Waals surface area contributed by atoms with Crippen LogP contribution in [-0.4, -0.2) is 22.7 Å². The van der Waals surface area contributed by atoms with Crippen LogP contribution in [0.2, 0.25) is 5.02 Å². The van der Waals surface area contributed by atoms with Crippen LogP contribution in [0.1, 0.15) is 17.0 Å². The molecule has 1 heterocycles. The minimum absolute atomic E-state index is 0.479. The number of hydrogen-bond acceptors (Lipinski definition) is 4. The van der Waals surface area contributed by atoms with Gasteiger partial charge in [-0.1, -0.05) is 54.1 Å². The van der Waals surface area contributed by atoms with Gasteiger partial charge in [-0.3, -0.25) is 0 Å². The lowest BCUT2D eigenvalue weighted by Crippen LogP contribution is -2.04. The Hall–Kier alpha value is -2.76. The van der Waals surface area contributed by atoms with Crippen molar-refractivity contribution in [2.45, 2.75) is 17.1 Å². The number of carboxylic acids is 1. The van der Waals surface area contributed by atoms with Crippen LogP contribution >= 0.6 is 23.4 Å². The average molecular weight is 426 g/mol. The zero-order chi connectivity index (χ0) is 20.5. The topological polar surface area (TPSA) is 59.4 Å². The Morgan fingerprint density at radius 2 is 1.83 bits per heavy atom. The summed E-state index contributed by atoms with van der Waals surface area (Å²) < 4.78 is 5.88. The zero-order valence-corrected chi connectivity index (χ0v) is 17.2. The summed E-state index contributed by atoms with van der Waals surface area (Å²) in [6.45, 7) is 0.479. The normalized spacial score (nSPS) is 10.9. The molecule has 0 spiro atoms. The Balaban J connectivity index is 1.70. The Bertz CT molecular complexity index is 992. The van der Waals surface area contributed by atoms with Crippen LogP contribution < -0.4 is 4.74 Å². The molecule has 2 aromatic carbocycles. The number of ether oxygens (including phenoxy) is 1. The number of carbonyl (C=O) groups is 1. The molecule has 0 fully saturated rings. The minimum Gasteiger partial charge on any atom is -0.491 e. The lowest BCUT2D eigenvalue weighted by atomic mass is 10.2. The van der Waals surface area contributed by atoms with Gasteiger partial charge in [0.1, 0.15) is 11.4 Å². The first-order valence-corrected chi connectivity index (χ1v) is 10.4. The van der Waals surface area contributed by atoms with Gasteiger partial charge in [-0.15, -0.1) is 11.8 Å². The van der Waals surface area contributed by atoms with Crippen LogP contribution in [0, 0.1) is 0 Å². The van der Waals surface area contributed by atoms with Gasteiger partial charge in [0.15, 0.2) is 0 Å². The first-order chi connectivity index (χ1) is 14.1. The molecular formula is C23H20ClNO3S. The zero-order valence-electron chi connectivity index (χ0n) is 15.6. The minimum atomic E-state index is -1.03. The summed E-state index contributed by atoms with van der Waals surface area (Å²) >= 11 is 7.78. The van der Waals surface area contributed by atoms with E-state index in [0.29, 0.717) is 28.8 Å².